The van der Waals surface area contributed by atoms with E-state index in [4.69, 9.17) is 4.98 Å². The highest BCUT2D eigenvalue weighted by Crippen LogP contribution is 2.35. The number of nitrogens with one attached hydrogen (secondary N) is 2. The molecule has 0 unspecified atom stereocenters. The Morgan fingerprint density at radius 3 is 2.83 bits per heavy atom. The summed E-state index contributed by atoms with van der Waals surface area (Å²) in [6, 6.07) is 9.70. The second-order valence-corrected chi connectivity index (χ2v) is 7.99. The molecule has 2 N–H and O–H groups in total. The predicted molar refractivity (Wildman–Crippen MR) is 110 cm³/mol. The summed E-state index contributed by atoms with van der Waals surface area (Å²) in [4.78, 5) is 31.1. The average molecular weight is 392 g/mol. The average Bonchev–Trinajstić information content (AvgIpc) is 3.39. The molecule has 2 aliphatic rings. The number of rotatable bonds is 5. The second-order valence-electron chi connectivity index (χ2n) is 7.99. The van der Waals surface area contributed by atoms with Crippen LogP contribution in [-0.4, -0.2) is 50.1 Å². The van der Waals surface area contributed by atoms with Crippen molar-refractivity contribution < 1.29 is 9.59 Å². The van der Waals surface area contributed by atoms with Gasteiger partial charge in [-0.2, -0.15) is 5.10 Å². The van der Waals surface area contributed by atoms with Gasteiger partial charge in [-0.15, -0.1) is 0 Å². The fraction of sp³-hybridized carbons (Fsp3) is 0.429. The Bertz CT molecular complexity index is 1120. The second kappa shape index (κ2) is 6.72. The topological polar surface area (TPSA) is 91.6 Å². The molecule has 3 heterocycles. The molecule has 0 atom stereocenters. The number of nitrogens with zero attached hydrogens (tertiary/aromatic N) is 4. The van der Waals surface area contributed by atoms with Crippen molar-refractivity contribution in [1.82, 2.24) is 24.8 Å². The summed E-state index contributed by atoms with van der Waals surface area (Å²) in [5.74, 6) is 0.734. The molecule has 0 radical (unpaired) electrons. The summed E-state index contributed by atoms with van der Waals surface area (Å²) in [5, 5.41) is 11.8. The Kier molecular flexibility index (Phi) is 4.15. The molecule has 1 aliphatic carbocycles. The van der Waals surface area contributed by atoms with Crippen LogP contribution in [0.2, 0.25) is 0 Å². The molecule has 1 saturated heterocycles. The normalized spacial score (nSPS) is 18.3. The molecule has 1 aliphatic heterocycles. The Balaban J connectivity index is 1.29. The van der Waals surface area contributed by atoms with Crippen LogP contribution in [0.3, 0.4) is 0 Å². The van der Waals surface area contributed by atoms with Crippen LogP contribution in [0.5, 0.6) is 0 Å². The highest BCUT2D eigenvalue weighted by atomic mass is 16.2. The van der Waals surface area contributed by atoms with Crippen molar-refractivity contribution in [2.24, 2.45) is 0 Å². The first-order valence-electron chi connectivity index (χ1n) is 10.2. The number of aromatic nitrogens is 3. The van der Waals surface area contributed by atoms with Gasteiger partial charge in [0.05, 0.1) is 11.2 Å². The Hall–Kier alpha value is -3.16. The van der Waals surface area contributed by atoms with Crippen molar-refractivity contribution >= 4 is 34.3 Å². The first-order valence-corrected chi connectivity index (χ1v) is 10.2. The van der Waals surface area contributed by atoms with Crippen molar-refractivity contribution in [3.05, 3.63) is 36.0 Å². The largest absolute Gasteiger partial charge is 0.369 e. The molecule has 0 bridgehead atoms. The first-order chi connectivity index (χ1) is 14.1. The van der Waals surface area contributed by atoms with E-state index in [1.807, 2.05) is 41.8 Å². The van der Waals surface area contributed by atoms with E-state index in [0.717, 1.165) is 53.7 Å². The number of hydrogen-bond donors (Lipinski definition) is 2. The summed E-state index contributed by atoms with van der Waals surface area (Å²) >= 11 is 0. The summed E-state index contributed by atoms with van der Waals surface area (Å²) in [5.41, 5.74) is 2.07. The quantitative estimate of drug-likeness (QED) is 0.515. The lowest BCUT2D eigenvalue weighted by molar-refractivity contribution is -0.131. The van der Waals surface area contributed by atoms with Crippen LogP contribution in [-0.2, 0) is 4.79 Å². The lowest BCUT2D eigenvalue weighted by atomic mass is 9.98. The highest BCUT2D eigenvalue weighted by molar-refractivity contribution is 6.07. The number of imide groups is 1. The van der Waals surface area contributed by atoms with Crippen molar-refractivity contribution in [2.75, 3.05) is 18.4 Å². The predicted octanol–water partition coefficient (Wildman–Crippen LogP) is 2.86. The molecule has 1 aromatic carbocycles. The molecule has 5 rings (SSSR count). The Morgan fingerprint density at radius 2 is 2.00 bits per heavy atom. The van der Waals surface area contributed by atoms with Gasteiger partial charge in [0.25, 0.3) is 5.91 Å². The number of urea groups is 1. The zero-order valence-corrected chi connectivity index (χ0v) is 16.4. The number of carbonyl (C=O) groups excluding carboxylic acids is 2. The molecule has 3 amide bonds. The molecule has 2 fully saturated rings. The van der Waals surface area contributed by atoms with E-state index in [-0.39, 0.29) is 11.9 Å². The van der Waals surface area contributed by atoms with Crippen molar-refractivity contribution in [3.8, 4) is 0 Å². The van der Waals surface area contributed by atoms with Crippen LogP contribution >= 0.6 is 0 Å². The third-order valence-corrected chi connectivity index (χ3v) is 5.98. The molecule has 1 spiro atoms. The van der Waals surface area contributed by atoms with Gasteiger partial charge in [0, 0.05) is 24.5 Å². The molecule has 29 heavy (non-hydrogen) atoms. The monoisotopic (exact) mass is 392 g/mol. The first kappa shape index (κ1) is 17.9. The van der Waals surface area contributed by atoms with E-state index < -0.39 is 5.54 Å². The van der Waals surface area contributed by atoms with Gasteiger partial charge in [-0.3, -0.25) is 9.69 Å². The molecule has 150 valence electrons. The van der Waals surface area contributed by atoms with E-state index in [2.05, 4.69) is 15.7 Å². The van der Waals surface area contributed by atoms with Crippen LogP contribution in [0.1, 0.15) is 37.8 Å². The van der Waals surface area contributed by atoms with Crippen LogP contribution in [0.4, 0.5) is 10.6 Å². The number of carbonyl (C=O) groups is 2. The van der Waals surface area contributed by atoms with Crippen molar-refractivity contribution in [2.45, 2.75) is 44.6 Å². The number of amides is 3. The molecule has 3 aromatic rings. The zero-order valence-electron chi connectivity index (χ0n) is 16.4. The van der Waals surface area contributed by atoms with Crippen molar-refractivity contribution in [3.63, 3.8) is 0 Å². The molecular weight excluding hydrogens is 368 g/mol. The minimum Gasteiger partial charge on any atom is -0.369 e. The summed E-state index contributed by atoms with van der Waals surface area (Å²) in [7, 11) is 0. The number of hydrogen-bond acceptors (Lipinski definition) is 5. The molecule has 1 saturated carbocycles. The van der Waals surface area contributed by atoms with Crippen LogP contribution in [0, 0.1) is 6.92 Å². The fourth-order valence-corrected chi connectivity index (χ4v) is 4.55. The number of para-hydroxylation sites is 1. The number of fused-ring (bicyclic) bond motifs is 3. The SMILES string of the molecule is Cc1cc2nc(NCCCN3C(=O)NC4(CCCC4)C3=O)c3ccccc3n2n1. The smallest absolute Gasteiger partial charge is 0.325 e. The van der Waals surface area contributed by atoms with E-state index in [0.29, 0.717) is 19.5 Å². The highest BCUT2D eigenvalue weighted by Gasteiger charge is 2.51. The van der Waals surface area contributed by atoms with E-state index in [1.54, 1.807) is 0 Å². The molecule has 2 aromatic heterocycles. The standard InChI is InChI=1S/C21H24N6O2/c1-14-13-17-23-18(15-7-2-3-8-16(15)27(17)25-14)22-11-6-12-26-19(28)21(24-20(26)29)9-4-5-10-21/h2-3,7-8,13H,4-6,9-12H2,1H3,(H,22,23)(H,24,29). The van der Waals surface area contributed by atoms with E-state index >= 15 is 0 Å². The minimum absolute atomic E-state index is 0.0558. The molecule has 8 nitrogen and oxygen atoms in total. The fourth-order valence-electron chi connectivity index (χ4n) is 4.55. The van der Waals surface area contributed by atoms with Gasteiger partial charge in [-0.1, -0.05) is 25.0 Å². The van der Waals surface area contributed by atoms with Crippen LogP contribution < -0.4 is 10.6 Å². The Labute approximate surface area is 168 Å². The van der Waals surface area contributed by atoms with Gasteiger partial charge in [-0.05, 0) is 38.3 Å². The number of anilines is 1. The third kappa shape index (κ3) is 2.90. The summed E-state index contributed by atoms with van der Waals surface area (Å²) in [6.07, 6.45) is 4.17. The number of aryl methyl sites for hydroxylation is 1. The molecular formula is C21H24N6O2. The van der Waals surface area contributed by atoms with Gasteiger partial charge in [0.2, 0.25) is 0 Å². The van der Waals surface area contributed by atoms with Gasteiger partial charge >= 0.3 is 6.03 Å². The third-order valence-electron chi connectivity index (χ3n) is 5.98. The maximum Gasteiger partial charge on any atom is 0.325 e. The van der Waals surface area contributed by atoms with Crippen LogP contribution in [0.15, 0.2) is 30.3 Å². The maximum absolute atomic E-state index is 12.7. The molecule has 8 heteroatoms. The van der Waals surface area contributed by atoms with Crippen molar-refractivity contribution in [1.29, 1.82) is 0 Å². The number of benzene rings is 1. The van der Waals surface area contributed by atoms with Gasteiger partial charge < -0.3 is 10.6 Å². The van der Waals surface area contributed by atoms with Gasteiger partial charge in [0.15, 0.2) is 5.65 Å². The Morgan fingerprint density at radius 1 is 1.21 bits per heavy atom. The van der Waals surface area contributed by atoms with Gasteiger partial charge in [-0.25, -0.2) is 14.3 Å². The van der Waals surface area contributed by atoms with Gasteiger partial charge in [0.1, 0.15) is 11.4 Å². The van der Waals surface area contributed by atoms with E-state index in [1.165, 1.54) is 4.90 Å². The zero-order chi connectivity index (χ0) is 20.0. The summed E-state index contributed by atoms with van der Waals surface area (Å²) < 4.78 is 1.85. The lowest BCUT2D eigenvalue weighted by Crippen LogP contribution is -2.44. The van der Waals surface area contributed by atoms with E-state index in [9.17, 15) is 9.59 Å². The summed E-state index contributed by atoms with van der Waals surface area (Å²) in [6.45, 7) is 2.97. The van der Waals surface area contributed by atoms with Crippen LogP contribution in [0.25, 0.3) is 16.6 Å². The lowest BCUT2D eigenvalue weighted by Gasteiger charge is -2.20. The maximum atomic E-state index is 12.7. The minimum atomic E-state index is -0.632.